The molecule has 17 heavy (non-hydrogen) atoms. The molecule has 2 atom stereocenters. The number of phenols is 1. The van der Waals surface area contributed by atoms with E-state index in [2.05, 4.69) is 5.10 Å². The Hall–Kier alpha value is -2.31. The van der Waals surface area contributed by atoms with Crippen LogP contribution in [0.25, 0.3) is 0 Å². The van der Waals surface area contributed by atoms with E-state index >= 15 is 0 Å². The molecule has 1 aromatic carbocycles. The van der Waals surface area contributed by atoms with Crippen LogP contribution in [-0.2, 0) is 0 Å². The summed E-state index contributed by atoms with van der Waals surface area (Å²) < 4.78 is 0. The number of nitro groups is 1. The third kappa shape index (κ3) is 1.39. The van der Waals surface area contributed by atoms with Crippen LogP contribution < -0.4 is 0 Å². The second kappa shape index (κ2) is 3.34. The highest BCUT2D eigenvalue weighted by Crippen LogP contribution is 2.36. The Morgan fingerprint density at radius 2 is 2.12 bits per heavy atom. The van der Waals surface area contributed by atoms with E-state index in [-0.39, 0.29) is 23.4 Å². The molecule has 0 aliphatic carbocycles. The standard InChI is InChI=1S/C10H10N4O3/c15-8-3-1-7(2-4-8)10-12-6-11-13(10)5-9(12)14(16)17/h1-4,6,9-10,15H,5H2/t9-,10+/m0/s1. The third-order valence-electron chi connectivity index (χ3n) is 3.03. The van der Waals surface area contributed by atoms with Crippen molar-refractivity contribution in [2.24, 2.45) is 5.10 Å². The predicted octanol–water partition coefficient (Wildman–Crippen LogP) is 0.568. The Kier molecular flexibility index (Phi) is 1.94. The van der Waals surface area contributed by atoms with Crippen molar-refractivity contribution in [3.63, 3.8) is 0 Å². The number of hydrazone groups is 1. The van der Waals surface area contributed by atoms with E-state index in [1.54, 1.807) is 34.2 Å². The van der Waals surface area contributed by atoms with Gasteiger partial charge in [0.1, 0.15) is 18.6 Å². The Balaban J connectivity index is 1.92. The van der Waals surface area contributed by atoms with Crippen LogP contribution in [0.3, 0.4) is 0 Å². The molecule has 2 heterocycles. The van der Waals surface area contributed by atoms with Gasteiger partial charge in [0.2, 0.25) is 0 Å². The van der Waals surface area contributed by atoms with Crippen LogP contribution in [0.15, 0.2) is 29.4 Å². The molecule has 88 valence electrons. The van der Waals surface area contributed by atoms with Crippen molar-refractivity contribution in [3.05, 3.63) is 39.9 Å². The summed E-state index contributed by atoms with van der Waals surface area (Å²) in [7, 11) is 0. The van der Waals surface area contributed by atoms with E-state index in [9.17, 15) is 15.2 Å². The quantitative estimate of drug-likeness (QED) is 0.597. The summed E-state index contributed by atoms with van der Waals surface area (Å²) >= 11 is 0. The largest absolute Gasteiger partial charge is 0.508 e. The summed E-state index contributed by atoms with van der Waals surface area (Å²) in [6.45, 7) is 0.287. The lowest BCUT2D eigenvalue weighted by molar-refractivity contribution is -0.538. The minimum absolute atomic E-state index is 0.177. The summed E-state index contributed by atoms with van der Waals surface area (Å²) in [6.07, 6.45) is 0.520. The van der Waals surface area contributed by atoms with Crippen molar-refractivity contribution in [3.8, 4) is 5.75 Å². The molecule has 1 saturated heterocycles. The van der Waals surface area contributed by atoms with Crippen LogP contribution >= 0.6 is 0 Å². The number of hydrogen-bond acceptors (Lipinski definition) is 6. The van der Waals surface area contributed by atoms with Crippen molar-refractivity contribution in [1.82, 2.24) is 9.91 Å². The zero-order chi connectivity index (χ0) is 12.0. The first kappa shape index (κ1) is 9.88. The molecule has 0 spiro atoms. The van der Waals surface area contributed by atoms with Gasteiger partial charge in [0, 0.05) is 4.92 Å². The molecule has 2 bridgehead atoms. The smallest absolute Gasteiger partial charge is 0.309 e. The number of benzene rings is 1. The molecule has 1 aromatic rings. The molecule has 3 rings (SSSR count). The average molecular weight is 234 g/mol. The second-order valence-corrected chi connectivity index (χ2v) is 4.03. The van der Waals surface area contributed by atoms with E-state index in [1.807, 2.05) is 0 Å². The van der Waals surface area contributed by atoms with E-state index in [4.69, 9.17) is 0 Å². The van der Waals surface area contributed by atoms with Gasteiger partial charge in [0.15, 0.2) is 6.17 Å². The van der Waals surface area contributed by atoms with Gasteiger partial charge in [-0.2, -0.15) is 5.10 Å². The average Bonchev–Trinajstić information content (AvgIpc) is 2.87. The zero-order valence-corrected chi connectivity index (χ0v) is 8.80. The Bertz CT molecular complexity index is 487. The van der Waals surface area contributed by atoms with Crippen molar-refractivity contribution < 1.29 is 10.0 Å². The summed E-state index contributed by atoms with van der Waals surface area (Å²) in [4.78, 5) is 12.2. The fourth-order valence-electron chi connectivity index (χ4n) is 2.22. The summed E-state index contributed by atoms with van der Waals surface area (Å²) in [5.74, 6) is 0.177. The maximum atomic E-state index is 10.9. The van der Waals surface area contributed by atoms with Gasteiger partial charge >= 0.3 is 6.17 Å². The van der Waals surface area contributed by atoms with Crippen molar-refractivity contribution in [2.75, 3.05) is 6.54 Å². The number of phenolic OH excluding ortho intramolecular Hbond substituents is 1. The monoisotopic (exact) mass is 234 g/mol. The lowest BCUT2D eigenvalue weighted by Crippen LogP contribution is -2.37. The number of nitrogens with zero attached hydrogens (tertiary/aromatic N) is 4. The Morgan fingerprint density at radius 3 is 2.71 bits per heavy atom. The first-order valence-electron chi connectivity index (χ1n) is 5.17. The highest BCUT2D eigenvalue weighted by atomic mass is 16.6. The highest BCUT2D eigenvalue weighted by molar-refractivity contribution is 5.59. The van der Waals surface area contributed by atoms with Crippen LogP contribution in [0.4, 0.5) is 0 Å². The lowest BCUT2D eigenvalue weighted by atomic mass is 10.1. The number of aromatic hydroxyl groups is 1. The Morgan fingerprint density at radius 1 is 1.41 bits per heavy atom. The summed E-state index contributed by atoms with van der Waals surface area (Å²) in [5, 5.41) is 25.8. The topological polar surface area (TPSA) is 82.2 Å². The SMILES string of the molecule is O=[N+]([O-])[C@H]1CN2N=CN1[C@H]2c1ccc(O)cc1. The first-order chi connectivity index (χ1) is 8.16. The highest BCUT2D eigenvalue weighted by Gasteiger charge is 2.48. The van der Waals surface area contributed by atoms with Gasteiger partial charge in [0.25, 0.3) is 0 Å². The molecule has 7 heteroatoms. The molecule has 0 unspecified atom stereocenters. The molecule has 7 nitrogen and oxygen atoms in total. The molecule has 0 saturated carbocycles. The van der Waals surface area contributed by atoms with E-state index in [0.717, 1.165) is 5.56 Å². The van der Waals surface area contributed by atoms with Crippen LogP contribution in [-0.4, -0.2) is 39.0 Å². The lowest BCUT2D eigenvalue weighted by Gasteiger charge is -2.19. The molecule has 1 N–H and O–H groups in total. The van der Waals surface area contributed by atoms with Crippen LogP contribution in [0.2, 0.25) is 0 Å². The molecule has 0 radical (unpaired) electrons. The van der Waals surface area contributed by atoms with E-state index in [0.29, 0.717) is 0 Å². The normalized spacial score (nSPS) is 25.6. The van der Waals surface area contributed by atoms with Crippen LogP contribution in [0.1, 0.15) is 11.7 Å². The van der Waals surface area contributed by atoms with E-state index < -0.39 is 6.17 Å². The number of hydrogen-bond donors (Lipinski definition) is 1. The predicted molar refractivity (Wildman–Crippen MR) is 58.7 cm³/mol. The zero-order valence-electron chi connectivity index (χ0n) is 8.80. The summed E-state index contributed by atoms with van der Waals surface area (Å²) in [5.41, 5.74) is 0.879. The minimum atomic E-state index is -0.744. The molecule has 0 aromatic heterocycles. The molecule has 0 amide bonds. The fraction of sp³-hybridized carbons (Fsp3) is 0.300. The molecular weight excluding hydrogens is 224 g/mol. The first-order valence-corrected chi connectivity index (χ1v) is 5.17. The van der Waals surface area contributed by atoms with Crippen LogP contribution in [0, 0.1) is 10.1 Å². The van der Waals surface area contributed by atoms with Gasteiger partial charge in [0.05, 0.1) is 0 Å². The van der Waals surface area contributed by atoms with Gasteiger partial charge in [-0.15, -0.1) is 0 Å². The van der Waals surface area contributed by atoms with Gasteiger partial charge in [-0.3, -0.25) is 20.0 Å². The molecular formula is C10H10N4O3. The fourth-order valence-corrected chi connectivity index (χ4v) is 2.22. The van der Waals surface area contributed by atoms with Crippen molar-refractivity contribution in [2.45, 2.75) is 12.3 Å². The maximum Gasteiger partial charge on any atom is 0.309 e. The van der Waals surface area contributed by atoms with Gasteiger partial charge in [-0.05, 0) is 17.7 Å². The van der Waals surface area contributed by atoms with Gasteiger partial charge in [-0.25, -0.2) is 0 Å². The van der Waals surface area contributed by atoms with Crippen molar-refractivity contribution >= 4 is 6.34 Å². The van der Waals surface area contributed by atoms with Gasteiger partial charge < -0.3 is 5.11 Å². The van der Waals surface area contributed by atoms with Crippen molar-refractivity contribution in [1.29, 1.82) is 0 Å². The number of fused-ring (bicyclic) bond motifs is 2. The minimum Gasteiger partial charge on any atom is -0.508 e. The Labute approximate surface area is 96.7 Å². The number of rotatable bonds is 2. The molecule has 1 fully saturated rings. The molecule has 2 aliphatic rings. The van der Waals surface area contributed by atoms with Gasteiger partial charge in [-0.1, -0.05) is 12.1 Å². The maximum absolute atomic E-state index is 10.9. The molecule has 2 aliphatic heterocycles. The third-order valence-corrected chi connectivity index (χ3v) is 3.03. The summed E-state index contributed by atoms with van der Waals surface area (Å²) in [6, 6.07) is 6.63. The second-order valence-electron chi connectivity index (χ2n) is 4.03. The van der Waals surface area contributed by atoms with Crippen LogP contribution in [0.5, 0.6) is 5.75 Å². The van der Waals surface area contributed by atoms with E-state index in [1.165, 1.54) is 6.34 Å².